The van der Waals surface area contributed by atoms with Gasteiger partial charge in [-0.3, -0.25) is 5.32 Å². The average Bonchev–Trinajstić information content (AvgIpc) is 2.73. The monoisotopic (exact) mass is 292 g/mol. The highest BCUT2D eigenvalue weighted by Crippen LogP contribution is 2.18. The van der Waals surface area contributed by atoms with Crippen LogP contribution in [0.15, 0.2) is 18.2 Å². The predicted molar refractivity (Wildman–Crippen MR) is 83.6 cm³/mol. The number of aliphatic hydroxyl groups is 1. The third kappa shape index (κ3) is 4.32. The molecule has 1 unspecified atom stereocenters. The number of hydrogen-bond acceptors (Lipinski definition) is 4. The number of urea groups is 1. The molecule has 6 heteroatoms. The molecule has 1 aliphatic heterocycles. The normalized spacial score (nSPS) is 19.0. The van der Waals surface area contributed by atoms with Crippen molar-refractivity contribution in [3.8, 4) is 0 Å². The number of pyridine rings is 1. The van der Waals surface area contributed by atoms with Crippen LogP contribution in [0.4, 0.5) is 16.4 Å². The van der Waals surface area contributed by atoms with E-state index in [9.17, 15) is 9.90 Å². The van der Waals surface area contributed by atoms with E-state index < -0.39 is 0 Å². The largest absolute Gasteiger partial charge is 0.396 e. The number of likely N-dealkylation sites (tertiary alicyclic amines) is 1. The average molecular weight is 292 g/mol. The van der Waals surface area contributed by atoms with Crippen molar-refractivity contribution in [2.45, 2.75) is 19.3 Å². The standard InChI is InChI=1S/C15H24N4O2/c1-18(2)14-7-3-6-13(16-14)17-15(21)19-9-4-5-12(11-20)8-10-19/h3,6-7,12,20H,4-5,8-11H2,1-2H3,(H,16,17,21). The fourth-order valence-electron chi connectivity index (χ4n) is 2.48. The lowest BCUT2D eigenvalue weighted by molar-refractivity contribution is 0.202. The number of aromatic nitrogens is 1. The van der Waals surface area contributed by atoms with Crippen molar-refractivity contribution in [1.82, 2.24) is 9.88 Å². The van der Waals surface area contributed by atoms with Crippen LogP contribution in [0.5, 0.6) is 0 Å². The van der Waals surface area contributed by atoms with Crippen molar-refractivity contribution in [2.24, 2.45) is 5.92 Å². The Kier molecular flexibility index (Phi) is 5.38. The summed E-state index contributed by atoms with van der Waals surface area (Å²) >= 11 is 0. The summed E-state index contributed by atoms with van der Waals surface area (Å²) in [5, 5.41) is 12.1. The number of hydrogen-bond donors (Lipinski definition) is 2. The fourth-order valence-corrected chi connectivity index (χ4v) is 2.48. The Hall–Kier alpha value is -1.82. The molecule has 0 aromatic carbocycles. The van der Waals surface area contributed by atoms with E-state index in [1.165, 1.54) is 0 Å². The second-order valence-electron chi connectivity index (χ2n) is 5.67. The van der Waals surface area contributed by atoms with Crippen LogP contribution in [-0.2, 0) is 0 Å². The third-order valence-corrected chi connectivity index (χ3v) is 3.82. The maximum Gasteiger partial charge on any atom is 0.323 e. The quantitative estimate of drug-likeness (QED) is 0.891. The molecule has 21 heavy (non-hydrogen) atoms. The van der Waals surface area contributed by atoms with Crippen LogP contribution in [0.25, 0.3) is 0 Å². The molecule has 2 rings (SSSR count). The van der Waals surface area contributed by atoms with Gasteiger partial charge < -0.3 is 14.9 Å². The highest BCUT2D eigenvalue weighted by Gasteiger charge is 2.20. The number of carbonyl (C=O) groups is 1. The van der Waals surface area contributed by atoms with Gasteiger partial charge in [0.05, 0.1) is 0 Å². The fraction of sp³-hybridized carbons (Fsp3) is 0.600. The van der Waals surface area contributed by atoms with Gasteiger partial charge in [-0.2, -0.15) is 0 Å². The minimum Gasteiger partial charge on any atom is -0.396 e. The minimum atomic E-state index is -0.114. The van der Waals surface area contributed by atoms with Gasteiger partial charge in [0, 0.05) is 33.8 Å². The van der Waals surface area contributed by atoms with Crippen LogP contribution < -0.4 is 10.2 Å². The van der Waals surface area contributed by atoms with Crippen LogP contribution in [-0.4, -0.2) is 54.8 Å². The van der Waals surface area contributed by atoms with Gasteiger partial charge >= 0.3 is 6.03 Å². The first kappa shape index (κ1) is 15.6. The van der Waals surface area contributed by atoms with Gasteiger partial charge in [0.1, 0.15) is 11.6 Å². The van der Waals surface area contributed by atoms with Crippen molar-refractivity contribution < 1.29 is 9.90 Å². The molecule has 6 nitrogen and oxygen atoms in total. The third-order valence-electron chi connectivity index (χ3n) is 3.82. The van der Waals surface area contributed by atoms with E-state index in [0.717, 1.165) is 31.6 Å². The molecule has 1 aromatic rings. The van der Waals surface area contributed by atoms with Gasteiger partial charge in [0.2, 0.25) is 0 Å². The Morgan fingerprint density at radius 3 is 2.95 bits per heavy atom. The van der Waals surface area contributed by atoms with Crippen molar-refractivity contribution in [3.05, 3.63) is 18.2 Å². The van der Waals surface area contributed by atoms with Crippen LogP contribution in [0, 0.1) is 5.92 Å². The van der Waals surface area contributed by atoms with E-state index in [4.69, 9.17) is 0 Å². The Labute approximate surface area is 125 Å². The summed E-state index contributed by atoms with van der Waals surface area (Å²) in [4.78, 5) is 20.4. The van der Waals surface area contributed by atoms with Crippen LogP contribution >= 0.6 is 0 Å². The van der Waals surface area contributed by atoms with E-state index >= 15 is 0 Å². The topological polar surface area (TPSA) is 68.7 Å². The highest BCUT2D eigenvalue weighted by molar-refractivity contribution is 5.88. The van der Waals surface area contributed by atoms with Crippen molar-refractivity contribution in [3.63, 3.8) is 0 Å². The van der Waals surface area contributed by atoms with Gasteiger partial charge in [0.25, 0.3) is 0 Å². The second kappa shape index (κ2) is 7.26. The summed E-state index contributed by atoms with van der Waals surface area (Å²) in [5.74, 6) is 1.69. The molecule has 0 aliphatic carbocycles. The predicted octanol–water partition coefficient (Wildman–Crippen LogP) is 1.77. The summed E-state index contributed by atoms with van der Waals surface area (Å²) in [7, 11) is 3.83. The first-order valence-electron chi connectivity index (χ1n) is 7.41. The van der Waals surface area contributed by atoms with E-state index in [1.54, 1.807) is 11.0 Å². The van der Waals surface area contributed by atoms with E-state index in [-0.39, 0.29) is 12.6 Å². The molecule has 1 aliphatic rings. The molecule has 2 heterocycles. The maximum atomic E-state index is 12.3. The Balaban J connectivity index is 1.96. The van der Waals surface area contributed by atoms with Gasteiger partial charge in [-0.1, -0.05) is 6.07 Å². The summed E-state index contributed by atoms with van der Waals surface area (Å²) in [6.45, 7) is 1.63. The summed E-state index contributed by atoms with van der Waals surface area (Å²) in [5.41, 5.74) is 0. The number of aliphatic hydroxyl groups excluding tert-OH is 1. The number of amides is 2. The second-order valence-corrected chi connectivity index (χ2v) is 5.67. The molecule has 1 aromatic heterocycles. The summed E-state index contributed by atoms with van der Waals surface area (Å²) in [6.07, 6.45) is 2.77. The highest BCUT2D eigenvalue weighted by atomic mass is 16.3. The van der Waals surface area contributed by atoms with Crippen molar-refractivity contribution in [1.29, 1.82) is 0 Å². The lowest BCUT2D eigenvalue weighted by atomic mass is 10.0. The van der Waals surface area contributed by atoms with Crippen LogP contribution in [0.2, 0.25) is 0 Å². The molecule has 0 spiro atoms. The van der Waals surface area contributed by atoms with Crippen LogP contribution in [0.3, 0.4) is 0 Å². The molecular formula is C15H24N4O2. The van der Waals surface area contributed by atoms with Gasteiger partial charge in [0.15, 0.2) is 0 Å². The molecule has 1 fully saturated rings. The van der Waals surface area contributed by atoms with Crippen molar-refractivity contribution >= 4 is 17.7 Å². The molecule has 0 saturated carbocycles. The summed E-state index contributed by atoms with van der Waals surface area (Å²) < 4.78 is 0. The molecule has 1 atom stereocenters. The SMILES string of the molecule is CN(C)c1cccc(NC(=O)N2CCCC(CO)CC2)n1. The molecular weight excluding hydrogens is 268 g/mol. The molecule has 0 radical (unpaired) electrons. The first-order valence-corrected chi connectivity index (χ1v) is 7.41. The smallest absolute Gasteiger partial charge is 0.323 e. The summed E-state index contributed by atoms with van der Waals surface area (Å²) in [6, 6.07) is 5.45. The minimum absolute atomic E-state index is 0.114. The number of rotatable bonds is 3. The molecule has 2 amide bonds. The van der Waals surface area contributed by atoms with E-state index in [0.29, 0.717) is 18.3 Å². The number of anilines is 2. The molecule has 116 valence electrons. The van der Waals surface area contributed by atoms with Gasteiger partial charge in [-0.15, -0.1) is 0 Å². The maximum absolute atomic E-state index is 12.3. The number of carbonyl (C=O) groups excluding carboxylic acids is 1. The number of nitrogens with zero attached hydrogens (tertiary/aromatic N) is 3. The number of nitrogens with one attached hydrogen (secondary N) is 1. The van der Waals surface area contributed by atoms with Gasteiger partial charge in [-0.05, 0) is 37.3 Å². The lowest BCUT2D eigenvalue weighted by Crippen LogP contribution is -2.36. The zero-order valence-corrected chi connectivity index (χ0v) is 12.7. The molecule has 2 N–H and O–H groups in total. The molecule has 0 bridgehead atoms. The van der Waals surface area contributed by atoms with Crippen molar-refractivity contribution in [2.75, 3.05) is 44.0 Å². The van der Waals surface area contributed by atoms with E-state index in [1.807, 2.05) is 31.1 Å². The molecule has 1 saturated heterocycles. The lowest BCUT2D eigenvalue weighted by Gasteiger charge is -2.21. The van der Waals surface area contributed by atoms with Gasteiger partial charge in [-0.25, -0.2) is 9.78 Å². The zero-order valence-electron chi connectivity index (χ0n) is 12.7. The van der Waals surface area contributed by atoms with E-state index in [2.05, 4.69) is 10.3 Å². The Bertz CT molecular complexity index is 478. The Morgan fingerprint density at radius 2 is 2.24 bits per heavy atom. The van der Waals surface area contributed by atoms with Crippen LogP contribution in [0.1, 0.15) is 19.3 Å². The zero-order chi connectivity index (χ0) is 15.2. The first-order chi connectivity index (χ1) is 10.1. The Morgan fingerprint density at radius 1 is 1.43 bits per heavy atom.